The van der Waals surface area contributed by atoms with Gasteiger partial charge in [0.05, 0.1) is 0 Å². The molecular weight excluding hydrogens is 438 g/mol. The lowest BCUT2D eigenvalue weighted by atomic mass is 10.2. The summed E-state index contributed by atoms with van der Waals surface area (Å²) in [7, 11) is 0. The third-order valence-corrected chi connectivity index (χ3v) is 6.03. The molecule has 0 spiro atoms. The molecule has 6 heteroatoms. The van der Waals surface area contributed by atoms with Gasteiger partial charge in [0.1, 0.15) is 5.75 Å². The molecule has 0 bridgehead atoms. The molecule has 2 amide bonds. The summed E-state index contributed by atoms with van der Waals surface area (Å²) in [6.07, 6.45) is 4.47. The van der Waals surface area contributed by atoms with E-state index in [2.05, 4.69) is 17.1 Å². The Hall–Kier alpha value is -4.06. The lowest BCUT2D eigenvalue weighted by molar-refractivity contribution is -0.126. The summed E-state index contributed by atoms with van der Waals surface area (Å²) >= 11 is 0. The van der Waals surface area contributed by atoms with Crippen LogP contribution in [0.15, 0.2) is 84.9 Å². The lowest BCUT2D eigenvalue weighted by Crippen LogP contribution is -2.48. The minimum absolute atomic E-state index is 0.0371. The van der Waals surface area contributed by atoms with Gasteiger partial charge in [-0.15, -0.1) is 0 Å². The Bertz CT molecular complexity index is 1130. The zero-order valence-electron chi connectivity index (χ0n) is 20.0. The first-order chi connectivity index (χ1) is 17.1. The fourth-order valence-corrected chi connectivity index (χ4v) is 3.95. The first kappa shape index (κ1) is 24.1. The van der Waals surface area contributed by atoms with E-state index in [0.29, 0.717) is 18.8 Å². The molecule has 0 saturated carbocycles. The van der Waals surface area contributed by atoms with Gasteiger partial charge in [0.15, 0.2) is 6.61 Å². The molecule has 180 valence electrons. The Labute approximate surface area is 206 Å². The fraction of sp³-hybridized carbons (Fsp3) is 0.241. The number of carbonyl (C=O) groups is 2. The van der Waals surface area contributed by atoms with Gasteiger partial charge < -0.3 is 19.9 Å². The first-order valence-electron chi connectivity index (χ1n) is 12.0. The van der Waals surface area contributed by atoms with Crippen LogP contribution in [-0.2, 0) is 16.0 Å². The van der Waals surface area contributed by atoms with Crippen LogP contribution in [0.1, 0.15) is 18.1 Å². The molecule has 1 heterocycles. The number of carbonyl (C=O) groups excluding carboxylic acids is 2. The summed E-state index contributed by atoms with van der Waals surface area (Å²) in [5.41, 5.74) is 4.05. The highest BCUT2D eigenvalue weighted by Gasteiger charge is 2.20. The van der Waals surface area contributed by atoms with E-state index < -0.39 is 0 Å². The molecule has 0 aliphatic carbocycles. The van der Waals surface area contributed by atoms with E-state index >= 15 is 0 Å². The van der Waals surface area contributed by atoms with Crippen molar-refractivity contribution in [2.45, 2.75) is 13.3 Å². The van der Waals surface area contributed by atoms with Crippen LogP contribution in [0.2, 0.25) is 0 Å². The average molecular weight is 470 g/mol. The van der Waals surface area contributed by atoms with E-state index in [1.54, 1.807) is 6.08 Å². The van der Waals surface area contributed by atoms with Gasteiger partial charge in [0.2, 0.25) is 5.91 Å². The van der Waals surface area contributed by atoms with Crippen LogP contribution >= 0.6 is 0 Å². The minimum atomic E-state index is -0.201. The topological polar surface area (TPSA) is 61.9 Å². The normalized spacial score (nSPS) is 13.6. The second-order valence-corrected chi connectivity index (χ2v) is 8.44. The average Bonchev–Trinajstić information content (AvgIpc) is 2.92. The van der Waals surface area contributed by atoms with Crippen molar-refractivity contribution in [3.8, 4) is 5.75 Å². The SMILES string of the molecule is CCc1ccc(OCC(=O)Nc2ccc(N3CCN(C(=O)/C=C/c4ccccc4)CC3)cc2)cc1. The molecule has 0 unspecified atom stereocenters. The van der Waals surface area contributed by atoms with E-state index in [0.717, 1.165) is 36.4 Å². The largest absolute Gasteiger partial charge is 0.484 e. The molecule has 0 aromatic heterocycles. The van der Waals surface area contributed by atoms with E-state index in [1.165, 1.54) is 5.56 Å². The molecular formula is C29H31N3O3. The van der Waals surface area contributed by atoms with Crippen molar-refractivity contribution in [2.75, 3.05) is 43.0 Å². The molecule has 1 fully saturated rings. The molecule has 3 aromatic carbocycles. The summed E-state index contributed by atoms with van der Waals surface area (Å²) in [6.45, 7) is 4.94. The van der Waals surface area contributed by atoms with Gasteiger partial charge in [-0.05, 0) is 60.0 Å². The van der Waals surface area contributed by atoms with Gasteiger partial charge in [-0.2, -0.15) is 0 Å². The van der Waals surface area contributed by atoms with E-state index in [4.69, 9.17) is 4.74 Å². The third kappa shape index (κ3) is 6.96. The van der Waals surface area contributed by atoms with Crippen molar-refractivity contribution in [3.63, 3.8) is 0 Å². The zero-order chi connectivity index (χ0) is 24.5. The van der Waals surface area contributed by atoms with Crippen LogP contribution in [0.25, 0.3) is 6.08 Å². The first-order valence-corrected chi connectivity index (χ1v) is 12.0. The second kappa shape index (κ2) is 11.9. The summed E-state index contributed by atoms with van der Waals surface area (Å²) in [6, 6.07) is 25.4. The van der Waals surface area contributed by atoms with E-state index in [-0.39, 0.29) is 18.4 Å². The lowest BCUT2D eigenvalue weighted by Gasteiger charge is -2.35. The minimum Gasteiger partial charge on any atom is -0.484 e. The van der Waals surface area contributed by atoms with Crippen LogP contribution in [0, 0.1) is 0 Å². The Morgan fingerprint density at radius 1 is 0.886 bits per heavy atom. The quantitative estimate of drug-likeness (QED) is 0.489. The Balaban J connectivity index is 1.22. The number of hydrogen-bond donors (Lipinski definition) is 1. The van der Waals surface area contributed by atoms with Crippen molar-refractivity contribution >= 4 is 29.3 Å². The van der Waals surface area contributed by atoms with Crippen LogP contribution in [-0.4, -0.2) is 49.5 Å². The van der Waals surface area contributed by atoms with Gasteiger partial charge in [0, 0.05) is 43.6 Å². The maximum atomic E-state index is 12.5. The van der Waals surface area contributed by atoms with Gasteiger partial charge in [-0.25, -0.2) is 0 Å². The predicted molar refractivity (Wildman–Crippen MR) is 141 cm³/mol. The molecule has 6 nitrogen and oxygen atoms in total. The van der Waals surface area contributed by atoms with Gasteiger partial charge >= 0.3 is 0 Å². The van der Waals surface area contributed by atoms with Gasteiger partial charge in [0.25, 0.3) is 5.91 Å². The van der Waals surface area contributed by atoms with Gasteiger partial charge in [-0.1, -0.05) is 49.4 Å². The number of nitrogens with one attached hydrogen (secondary N) is 1. The third-order valence-electron chi connectivity index (χ3n) is 6.03. The van der Waals surface area contributed by atoms with E-state index in [1.807, 2.05) is 89.8 Å². The summed E-state index contributed by atoms with van der Waals surface area (Å²) < 4.78 is 5.57. The molecule has 1 saturated heterocycles. The number of anilines is 2. The number of benzene rings is 3. The highest BCUT2D eigenvalue weighted by molar-refractivity contribution is 5.92. The van der Waals surface area contributed by atoms with Crippen molar-refractivity contribution in [1.82, 2.24) is 4.90 Å². The van der Waals surface area contributed by atoms with Crippen LogP contribution in [0.3, 0.4) is 0 Å². The number of rotatable bonds is 8. The van der Waals surface area contributed by atoms with Crippen LogP contribution in [0.5, 0.6) is 5.75 Å². The van der Waals surface area contributed by atoms with Crippen LogP contribution < -0.4 is 15.0 Å². The number of nitrogens with zero attached hydrogens (tertiary/aromatic N) is 2. The van der Waals surface area contributed by atoms with E-state index in [9.17, 15) is 9.59 Å². The Kier molecular flexibility index (Phi) is 8.17. The van der Waals surface area contributed by atoms with Crippen LogP contribution in [0.4, 0.5) is 11.4 Å². The van der Waals surface area contributed by atoms with Crippen molar-refractivity contribution in [1.29, 1.82) is 0 Å². The van der Waals surface area contributed by atoms with Gasteiger partial charge in [-0.3, -0.25) is 9.59 Å². The summed E-state index contributed by atoms with van der Waals surface area (Å²) in [4.78, 5) is 28.9. The summed E-state index contributed by atoms with van der Waals surface area (Å²) in [5.74, 6) is 0.518. The number of hydrogen-bond acceptors (Lipinski definition) is 4. The molecule has 35 heavy (non-hydrogen) atoms. The number of piperazine rings is 1. The number of amides is 2. The summed E-state index contributed by atoms with van der Waals surface area (Å²) in [5, 5.41) is 2.87. The monoisotopic (exact) mass is 469 g/mol. The zero-order valence-corrected chi connectivity index (χ0v) is 20.0. The maximum absolute atomic E-state index is 12.5. The highest BCUT2D eigenvalue weighted by atomic mass is 16.5. The molecule has 3 aromatic rings. The molecule has 0 radical (unpaired) electrons. The highest BCUT2D eigenvalue weighted by Crippen LogP contribution is 2.20. The van der Waals surface area contributed by atoms with Crippen molar-refractivity contribution in [2.24, 2.45) is 0 Å². The smallest absolute Gasteiger partial charge is 0.262 e. The molecule has 1 N–H and O–H groups in total. The maximum Gasteiger partial charge on any atom is 0.262 e. The predicted octanol–water partition coefficient (Wildman–Crippen LogP) is 4.63. The molecule has 0 atom stereocenters. The Morgan fingerprint density at radius 3 is 2.23 bits per heavy atom. The number of aryl methyl sites for hydroxylation is 1. The van der Waals surface area contributed by atoms with Crippen molar-refractivity contribution < 1.29 is 14.3 Å². The second-order valence-electron chi connectivity index (χ2n) is 8.44. The fourth-order valence-electron chi connectivity index (χ4n) is 3.95. The number of ether oxygens (including phenoxy) is 1. The molecule has 1 aliphatic heterocycles. The molecule has 4 rings (SSSR count). The van der Waals surface area contributed by atoms with Crippen molar-refractivity contribution in [3.05, 3.63) is 96.1 Å². The molecule has 1 aliphatic rings. The Morgan fingerprint density at radius 2 is 1.57 bits per heavy atom. The standard InChI is InChI=1S/C29H31N3O3/c1-2-23-8-15-27(16-9-23)35-22-28(33)30-25-11-13-26(14-12-25)31-18-20-32(21-19-31)29(34)17-10-24-6-4-3-5-7-24/h3-17H,2,18-22H2,1H3,(H,30,33)/b17-10+.